The summed E-state index contributed by atoms with van der Waals surface area (Å²) in [4.78, 5) is 14.5. The Hall–Kier alpha value is -3.68. The number of nitrogens with zero attached hydrogens (tertiary/aromatic N) is 5. The van der Waals surface area contributed by atoms with E-state index in [1.807, 2.05) is 70.9 Å². The summed E-state index contributed by atoms with van der Waals surface area (Å²) in [6.07, 6.45) is 4.97. The second-order valence-corrected chi connectivity index (χ2v) is 6.89. The fourth-order valence-electron chi connectivity index (χ4n) is 2.66. The number of benzene rings is 1. The summed E-state index contributed by atoms with van der Waals surface area (Å²) in [5, 5.41) is 24.3. The second-order valence-electron chi connectivity index (χ2n) is 5.94. The minimum absolute atomic E-state index is 0.123. The van der Waals surface area contributed by atoms with E-state index in [0.717, 1.165) is 21.7 Å². The van der Waals surface area contributed by atoms with Crippen LogP contribution in [0.3, 0.4) is 0 Å². The van der Waals surface area contributed by atoms with Crippen LogP contribution in [0.4, 0.5) is 0 Å². The average Bonchev–Trinajstić information content (AvgIpc) is 3.36. The molecule has 1 amide bonds. The third-order valence-electron chi connectivity index (χ3n) is 3.97. The van der Waals surface area contributed by atoms with E-state index in [1.165, 1.54) is 11.0 Å². The highest BCUT2D eigenvalue weighted by atomic mass is 32.1. The zero-order chi connectivity index (χ0) is 19.8. The van der Waals surface area contributed by atoms with Crippen molar-refractivity contribution in [3.05, 3.63) is 71.2 Å². The first-order valence-electron chi connectivity index (χ1n) is 8.57. The molecule has 6 nitrogen and oxygen atoms in total. The molecule has 2 aromatic heterocycles. The molecule has 0 aliphatic heterocycles. The molecule has 2 heterocycles. The van der Waals surface area contributed by atoms with Crippen LogP contribution >= 0.6 is 11.3 Å². The van der Waals surface area contributed by atoms with Crippen molar-refractivity contribution in [2.75, 3.05) is 13.1 Å². The third-order valence-corrected chi connectivity index (χ3v) is 4.85. The van der Waals surface area contributed by atoms with E-state index in [4.69, 9.17) is 10.5 Å². The van der Waals surface area contributed by atoms with Crippen molar-refractivity contribution in [3.63, 3.8) is 0 Å². The van der Waals surface area contributed by atoms with Crippen LogP contribution in [0.2, 0.25) is 0 Å². The number of hydrogen-bond donors (Lipinski definition) is 0. The predicted molar refractivity (Wildman–Crippen MR) is 108 cm³/mol. The molecule has 0 saturated carbocycles. The van der Waals surface area contributed by atoms with Crippen LogP contribution in [0.1, 0.15) is 11.1 Å². The summed E-state index contributed by atoms with van der Waals surface area (Å²) in [5.41, 5.74) is 2.73. The number of nitriles is 2. The smallest absolute Gasteiger partial charge is 0.248 e. The van der Waals surface area contributed by atoms with Gasteiger partial charge in [-0.2, -0.15) is 15.6 Å². The number of carbonyl (C=O) groups is 1. The van der Waals surface area contributed by atoms with Crippen LogP contribution in [0.5, 0.6) is 0 Å². The monoisotopic (exact) mass is 387 g/mol. The molecule has 0 atom stereocenters. The van der Waals surface area contributed by atoms with Gasteiger partial charge in [-0.25, -0.2) is 0 Å². The molecule has 0 bridgehead atoms. The van der Waals surface area contributed by atoms with Gasteiger partial charge in [0.25, 0.3) is 0 Å². The summed E-state index contributed by atoms with van der Waals surface area (Å²) < 4.78 is 1.84. The molecule has 0 unspecified atom stereocenters. The van der Waals surface area contributed by atoms with E-state index in [1.54, 1.807) is 17.4 Å². The Morgan fingerprint density at radius 2 is 1.89 bits per heavy atom. The van der Waals surface area contributed by atoms with Gasteiger partial charge in [0.15, 0.2) is 0 Å². The molecule has 7 heteroatoms. The molecular weight excluding hydrogens is 370 g/mol. The van der Waals surface area contributed by atoms with Gasteiger partial charge in [0.2, 0.25) is 5.91 Å². The van der Waals surface area contributed by atoms with Crippen molar-refractivity contribution in [3.8, 4) is 22.7 Å². The van der Waals surface area contributed by atoms with E-state index in [-0.39, 0.29) is 19.0 Å². The SMILES string of the molecule is N#CCN(CC#N)C(=O)C=Cc1cn(Cc2ccccc2)nc1-c1cccs1. The Morgan fingerprint density at radius 3 is 2.54 bits per heavy atom. The third kappa shape index (κ3) is 4.73. The molecule has 1 aromatic carbocycles. The van der Waals surface area contributed by atoms with Crippen molar-refractivity contribution >= 4 is 23.3 Å². The first-order chi connectivity index (χ1) is 13.7. The standard InChI is InChI=1S/C21H17N5OS/c22-10-12-25(13-11-23)20(27)9-8-18-16-26(15-17-5-2-1-3-6-17)24-21(18)19-7-4-14-28-19/h1-9,14,16H,12-13,15H2. The van der Waals surface area contributed by atoms with Gasteiger partial charge in [0.1, 0.15) is 18.8 Å². The number of aromatic nitrogens is 2. The highest BCUT2D eigenvalue weighted by Gasteiger charge is 2.13. The zero-order valence-corrected chi connectivity index (χ0v) is 15.8. The van der Waals surface area contributed by atoms with Gasteiger partial charge in [0, 0.05) is 17.8 Å². The molecule has 0 spiro atoms. The predicted octanol–water partition coefficient (Wildman–Crippen LogP) is 3.55. The quantitative estimate of drug-likeness (QED) is 0.458. The van der Waals surface area contributed by atoms with Crippen molar-refractivity contribution in [1.29, 1.82) is 10.5 Å². The summed E-state index contributed by atoms with van der Waals surface area (Å²) in [6, 6.07) is 17.7. The Bertz CT molecular complexity index is 1020. The molecule has 3 rings (SSSR count). The number of hydrogen-bond acceptors (Lipinski definition) is 5. The molecule has 0 aliphatic carbocycles. The second kappa shape index (κ2) is 9.31. The lowest BCUT2D eigenvalue weighted by molar-refractivity contribution is -0.124. The molecule has 0 N–H and O–H groups in total. The maximum atomic E-state index is 12.3. The zero-order valence-electron chi connectivity index (χ0n) is 15.0. The Labute approximate surface area is 167 Å². The normalized spacial score (nSPS) is 10.5. The van der Waals surface area contributed by atoms with Gasteiger partial charge < -0.3 is 4.90 Å². The lowest BCUT2D eigenvalue weighted by Gasteiger charge is -2.12. The molecule has 3 aromatic rings. The van der Waals surface area contributed by atoms with Crippen LogP contribution in [0, 0.1) is 22.7 Å². The first kappa shape index (κ1) is 19.1. The molecule has 0 radical (unpaired) electrons. The molecule has 138 valence electrons. The van der Waals surface area contributed by atoms with Crippen LogP contribution in [0.25, 0.3) is 16.6 Å². The summed E-state index contributed by atoms with van der Waals surface area (Å²) >= 11 is 1.58. The number of rotatable bonds is 7. The summed E-state index contributed by atoms with van der Waals surface area (Å²) in [7, 11) is 0. The fraction of sp³-hybridized carbons (Fsp3) is 0.143. The minimum Gasteiger partial charge on any atom is -0.313 e. The number of amides is 1. The lowest BCUT2D eigenvalue weighted by Crippen LogP contribution is -2.30. The van der Waals surface area contributed by atoms with Gasteiger partial charge in [0.05, 0.1) is 23.6 Å². The highest BCUT2D eigenvalue weighted by Crippen LogP contribution is 2.27. The largest absolute Gasteiger partial charge is 0.313 e. The Morgan fingerprint density at radius 1 is 1.14 bits per heavy atom. The van der Waals surface area contributed by atoms with Gasteiger partial charge in [-0.3, -0.25) is 9.48 Å². The summed E-state index contributed by atoms with van der Waals surface area (Å²) in [6.45, 7) is 0.375. The van der Waals surface area contributed by atoms with E-state index < -0.39 is 0 Å². The van der Waals surface area contributed by atoms with Gasteiger partial charge in [-0.15, -0.1) is 11.3 Å². The van der Waals surface area contributed by atoms with Crippen LogP contribution in [0.15, 0.2) is 60.1 Å². The van der Waals surface area contributed by atoms with Gasteiger partial charge >= 0.3 is 0 Å². The van der Waals surface area contributed by atoms with Gasteiger partial charge in [-0.05, 0) is 23.1 Å². The molecule has 28 heavy (non-hydrogen) atoms. The number of carbonyl (C=O) groups excluding carboxylic acids is 1. The topological polar surface area (TPSA) is 85.7 Å². The van der Waals surface area contributed by atoms with Crippen LogP contribution in [-0.2, 0) is 11.3 Å². The van der Waals surface area contributed by atoms with E-state index in [0.29, 0.717) is 6.54 Å². The van der Waals surface area contributed by atoms with Crippen molar-refractivity contribution in [2.24, 2.45) is 0 Å². The molecule has 0 saturated heterocycles. The van der Waals surface area contributed by atoms with Crippen LogP contribution in [-0.4, -0.2) is 33.7 Å². The van der Waals surface area contributed by atoms with Crippen molar-refractivity contribution in [2.45, 2.75) is 6.54 Å². The molecular formula is C21H17N5OS. The van der Waals surface area contributed by atoms with E-state index in [2.05, 4.69) is 5.10 Å². The summed E-state index contributed by atoms with van der Waals surface area (Å²) in [5.74, 6) is -0.379. The van der Waals surface area contributed by atoms with Crippen molar-refractivity contribution < 1.29 is 4.79 Å². The first-order valence-corrected chi connectivity index (χ1v) is 9.45. The highest BCUT2D eigenvalue weighted by molar-refractivity contribution is 7.13. The number of thiophene rings is 1. The Balaban J connectivity index is 1.87. The minimum atomic E-state index is -0.379. The van der Waals surface area contributed by atoms with E-state index >= 15 is 0 Å². The van der Waals surface area contributed by atoms with E-state index in [9.17, 15) is 4.79 Å². The molecule has 0 aliphatic rings. The maximum Gasteiger partial charge on any atom is 0.248 e. The lowest BCUT2D eigenvalue weighted by atomic mass is 10.2. The fourth-order valence-corrected chi connectivity index (χ4v) is 3.40. The molecule has 0 fully saturated rings. The van der Waals surface area contributed by atoms with Gasteiger partial charge in [-0.1, -0.05) is 36.4 Å². The van der Waals surface area contributed by atoms with Crippen molar-refractivity contribution in [1.82, 2.24) is 14.7 Å². The Kier molecular flexibility index (Phi) is 6.35. The maximum absolute atomic E-state index is 12.3. The average molecular weight is 387 g/mol. The van der Waals surface area contributed by atoms with Crippen LogP contribution < -0.4 is 0 Å².